The molecule has 0 bridgehead atoms. The Hall–Kier alpha value is -1.44. The fourth-order valence-electron chi connectivity index (χ4n) is 2.19. The summed E-state index contributed by atoms with van der Waals surface area (Å²) in [4.78, 5) is 10.9. The monoisotopic (exact) mass is 299 g/mol. The van der Waals surface area contributed by atoms with Crippen LogP contribution in [0.1, 0.15) is 24.8 Å². The van der Waals surface area contributed by atoms with E-state index >= 15 is 0 Å². The molecule has 3 N–H and O–H groups in total. The van der Waals surface area contributed by atoms with Crippen LogP contribution in [-0.2, 0) is 14.8 Å². The summed E-state index contributed by atoms with van der Waals surface area (Å²) >= 11 is 0. The largest absolute Gasteiger partial charge is 0.480 e. The van der Waals surface area contributed by atoms with E-state index in [1.807, 2.05) is 30.3 Å². The van der Waals surface area contributed by atoms with E-state index in [1.165, 1.54) is 6.92 Å². The van der Waals surface area contributed by atoms with E-state index in [0.29, 0.717) is 6.42 Å². The normalized spacial score (nSPS) is 24.9. The van der Waals surface area contributed by atoms with Crippen molar-refractivity contribution in [2.24, 2.45) is 0 Å². The molecule has 1 aromatic rings. The van der Waals surface area contributed by atoms with Crippen LogP contribution in [0.5, 0.6) is 0 Å². The molecular formula is C13H17NO5S. The third-order valence-corrected chi connectivity index (χ3v) is 5.30. The quantitative estimate of drug-likeness (QED) is 0.700. The molecule has 0 spiro atoms. The van der Waals surface area contributed by atoms with E-state index in [0.717, 1.165) is 5.56 Å². The smallest absolute Gasteiger partial charge is 0.324 e. The van der Waals surface area contributed by atoms with Crippen molar-refractivity contribution in [1.82, 2.24) is 4.72 Å². The van der Waals surface area contributed by atoms with Gasteiger partial charge in [-0.25, -0.2) is 8.42 Å². The number of aliphatic hydroxyl groups is 1. The number of carboxylic acids is 1. The van der Waals surface area contributed by atoms with Gasteiger partial charge in [-0.2, -0.15) is 4.72 Å². The van der Waals surface area contributed by atoms with Crippen LogP contribution in [0.4, 0.5) is 0 Å². The summed E-state index contributed by atoms with van der Waals surface area (Å²) in [6.07, 6.45) is -0.831. The van der Waals surface area contributed by atoms with Crippen LogP contribution in [0, 0.1) is 0 Å². The minimum Gasteiger partial charge on any atom is -0.480 e. The molecule has 6 nitrogen and oxygen atoms in total. The number of rotatable bonds is 6. The van der Waals surface area contributed by atoms with Gasteiger partial charge in [0.15, 0.2) is 0 Å². The number of carboxylic acid groups (broad SMARTS) is 1. The lowest BCUT2D eigenvalue weighted by molar-refractivity contribution is -0.141. The van der Waals surface area contributed by atoms with Crippen molar-refractivity contribution >= 4 is 16.0 Å². The Bertz CT molecular complexity index is 584. The second kappa shape index (κ2) is 5.51. The van der Waals surface area contributed by atoms with E-state index in [4.69, 9.17) is 5.11 Å². The number of aliphatic hydroxyl groups excluding tert-OH is 1. The number of hydrogen-bond donors (Lipinski definition) is 3. The van der Waals surface area contributed by atoms with E-state index in [1.54, 1.807) is 0 Å². The van der Waals surface area contributed by atoms with Crippen LogP contribution in [0.2, 0.25) is 0 Å². The molecule has 0 heterocycles. The van der Waals surface area contributed by atoms with Gasteiger partial charge in [0.1, 0.15) is 6.04 Å². The third kappa shape index (κ3) is 3.17. The average molecular weight is 299 g/mol. The topological polar surface area (TPSA) is 104 Å². The average Bonchev–Trinajstić information content (AvgIpc) is 3.17. The van der Waals surface area contributed by atoms with Gasteiger partial charge in [0.25, 0.3) is 0 Å². The molecule has 0 aliphatic heterocycles. The van der Waals surface area contributed by atoms with Gasteiger partial charge in [-0.1, -0.05) is 30.3 Å². The summed E-state index contributed by atoms with van der Waals surface area (Å²) in [5.74, 6) is -1.50. The molecule has 1 aromatic carbocycles. The number of nitrogens with one attached hydrogen (secondary N) is 1. The summed E-state index contributed by atoms with van der Waals surface area (Å²) < 4.78 is 26.3. The molecular weight excluding hydrogens is 282 g/mol. The molecule has 20 heavy (non-hydrogen) atoms. The Morgan fingerprint density at radius 1 is 1.35 bits per heavy atom. The summed E-state index contributed by atoms with van der Waals surface area (Å²) in [5.41, 5.74) is 0.923. The number of sulfonamides is 1. The first-order valence-corrected chi connectivity index (χ1v) is 7.84. The van der Waals surface area contributed by atoms with Crippen LogP contribution in [0.3, 0.4) is 0 Å². The fraction of sp³-hybridized carbons (Fsp3) is 0.462. The standard InChI is InChI=1S/C13H17NO5S/c1-8(15)12(13(16)17)14-20(18,19)11-7-10(11)9-5-3-2-4-6-9/h2-6,8,10-12,14-15H,7H2,1H3,(H,16,17)/t8-,10-,11+,12-/m0/s1. The molecule has 1 aliphatic rings. The lowest BCUT2D eigenvalue weighted by atomic mass is 10.1. The van der Waals surface area contributed by atoms with Gasteiger partial charge in [0, 0.05) is 5.92 Å². The van der Waals surface area contributed by atoms with Crippen molar-refractivity contribution in [3.8, 4) is 0 Å². The van der Waals surface area contributed by atoms with E-state index in [2.05, 4.69) is 4.72 Å². The summed E-state index contributed by atoms with van der Waals surface area (Å²) in [7, 11) is -3.76. The van der Waals surface area contributed by atoms with Crippen molar-refractivity contribution in [3.63, 3.8) is 0 Å². The molecule has 0 saturated heterocycles. The van der Waals surface area contributed by atoms with Crippen LogP contribution in [0.15, 0.2) is 30.3 Å². The van der Waals surface area contributed by atoms with Gasteiger partial charge in [0.05, 0.1) is 11.4 Å². The lowest BCUT2D eigenvalue weighted by Crippen LogP contribution is -2.48. The van der Waals surface area contributed by atoms with E-state index < -0.39 is 33.4 Å². The minimum absolute atomic E-state index is 0.114. The van der Waals surface area contributed by atoms with Crippen molar-refractivity contribution in [2.75, 3.05) is 0 Å². The predicted molar refractivity (Wildman–Crippen MR) is 72.7 cm³/mol. The number of benzene rings is 1. The van der Waals surface area contributed by atoms with Crippen LogP contribution >= 0.6 is 0 Å². The molecule has 0 unspecified atom stereocenters. The Morgan fingerprint density at radius 3 is 2.45 bits per heavy atom. The molecule has 7 heteroatoms. The van der Waals surface area contributed by atoms with Crippen molar-refractivity contribution in [3.05, 3.63) is 35.9 Å². The molecule has 1 aliphatic carbocycles. The van der Waals surface area contributed by atoms with Gasteiger partial charge >= 0.3 is 5.97 Å². The SMILES string of the molecule is C[C@H](O)[C@H](NS(=O)(=O)[C@@H]1C[C@H]1c1ccccc1)C(=O)O. The Labute approximate surface area is 117 Å². The maximum Gasteiger partial charge on any atom is 0.324 e. The fourth-order valence-corrected chi connectivity index (χ4v) is 4.06. The molecule has 1 fully saturated rings. The van der Waals surface area contributed by atoms with Crippen molar-refractivity contribution in [1.29, 1.82) is 0 Å². The van der Waals surface area contributed by atoms with Gasteiger partial charge < -0.3 is 10.2 Å². The number of carbonyl (C=O) groups is 1. The van der Waals surface area contributed by atoms with Gasteiger partial charge in [-0.3, -0.25) is 4.79 Å². The highest BCUT2D eigenvalue weighted by molar-refractivity contribution is 7.90. The van der Waals surface area contributed by atoms with Crippen LogP contribution in [0.25, 0.3) is 0 Å². The van der Waals surface area contributed by atoms with Gasteiger partial charge in [0.2, 0.25) is 10.0 Å². The molecule has 4 atom stereocenters. The molecule has 2 rings (SSSR count). The minimum atomic E-state index is -3.76. The Morgan fingerprint density at radius 2 is 1.95 bits per heavy atom. The zero-order valence-electron chi connectivity index (χ0n) is 10.9. The maximum atomic E-state index is 12.1. The van der Waals surface area contributed by atoms with E-state index in [9.17, 15) is 18.3 Å². The highest BCUT2D eigenvalue weighted by Gasteiger charge is 2.49. The summed E-state index contributed by atoms with van der Waals surface area (Å²) in [5, 5.41) is 17.6. The molecule has 0 aromatic heterocycles. The van der Waals surface area contributed by atoms with Crippen LogP contribution in [-0.4, -0.2) is 42.0 Å². The third-order valence-electron chi connectivity index (χ3n) is 3.40. The van der Waals surface area contributed by atoms with Crippen LogP contribution < -0.4 is 4.72 Å². The van der Waals surface area contributed by atoms with Crippen molar-refractivity contribution in [2.45, 2.75) is 36.7 Å². The zero-order chi connectivity index (χ0) is 14.9. The number of hydrogen-bond acceptors (Lipinski definition) is 4. The first kappa shape index (κ1) is 15.0. The van der Waals surface area contributed by atoms with Gasteiger partial charge in [-0.15, -0.1) is 0 Å². The first-order valence-electron chi connectivity index (χ1n) is 6.30. The molecule has 0 radical (unpaired) electrons. The zero-order valence-corrected chi connectivity index (χ0v) is 11.7. The van der Waals surface area contributed by atoms with Crippen molar-refractivity contribution < 1.29 is 23.4 Å². The highest BCUT2D eigenvalue weighted by atomic mass is 32.2. The molecule has 110 valence electrons. The molecule has 0 amide bonds. The highest BCUT2D eigenvalue weighted by Crippen LogP contribution is 2.45. The second-order valence-corrected chi connectivity index (χ2v) is 6.94. The second-order valence-electron chi connectivity index (χ2n) is 5.01. The summed E-state index contributed by atoms with van der Waals surface area (Å²) in [6, 6.07) is 7.70. The Balaban J connectivity index is 2.08. The molecule has 1 saturated carbocycles. The van der Waals surface area contributed by atoms with E-state index in [-0.39, 0.29) is 5.92 Å². The predicted octanol–water partition coefficient (Wildman–Crippen LogP) is 0.296. The maximum absolute atomic E-state index is 12.1. The lowest BCUT2D eigenvalue weighted by Gasteiger charge is -2.17. The first-order chi connectivity index (χ1) is 9.33. The summed E-state index contributed by atoms with van der Waals surface area (Å²) in [6.45, 7) is 1.24. The van der Waals surface area contributed by atoms with Gasteiger partial charge in [-0.05, 0) is 18.9 Å². The number of aliphatic carboxylic acids is 1. The Kier molecular flexibility index (Phi) is 4.12.